The number of halogens is 1. The summed E-state index contributed by atoms with van der Waals surface area (Å²) in [5.41, 5.74) is 0.921. The van der Waals surface area contributed by atoms with E-state index < -0.39 is 0 Å². The second-order valence-electron chi connectivity index (χ2n) is 4.04. The van der Waals surface area contributed by atoms with Gasteiger partial charge in [-0.15, -0.1) is 0 Å². The summed E-state index contributed by atoms with van der Waals surface area (Å²) in [6.45, 7) is 0. The molecule has 0 saturated carbocycles. The fourth-order valence-corrected chi connectivity index (χ4v) is 3.21. The van der Waals surface area contributed by atoms with Crippen molar-refractivity contribution in [3.8, 4) is 5.75 Å². The summed E-state index contributed by atoms with van der Waals surface area (Å²) in [6.07, 6.45) is 0.477. The number of aliphatic hydroxyl groups excluding tert-OH is 1. The topological polar surface area (TPSA) is 29.5 Å². The van der Waals surface area contributed by atoms with Gasteiger partial charge in [-0.2, -0.15) is 11.8 Å². The minimum absolute atomic E-state index is 0.248. The largest absolute Gasteiger partial charge is 0.494 e. The van der Waals surface area contributed by atoms with Crippen LogP contribution in [0.2, 0.25) is 0 Å². The first kappa shape index (κ1) is 11.7. The van der Waals surface area contributed by atoms with E-state index in [-0.39, 0.29) is 23.6 Å². The van der Waals surface area contributed by atoms with Crippen LogP contribution in [0.15, 0.2) is 18.2 Å². The second kappa shape index (κ2) is 5.06. The van der Waals surface area contributed by atoms with Crippen LogP contribution in [0.5, 0.6) is 5.75 Å². The van der Waals surface area contributed by atoms with Crippen molar-refractivity contribution in [2.45, 2.75) is 12.5 Å². The van der Waals surface area contributed by atoms with E-state index in [4.69, 9.17) is 4.74 Å². The van der Waals surface area contributed by atoms with Crippen molar-refractivity contribution in [1.29, 1.82) is 0 Å². The van der Waals surface area contributed by atoms with Crippen LogP contribution in [-0.2, 0) is 6.42 Å². The third kappa shape index (κ3) is 2.50. The molecule has 88 valence electrons. The summed E-state index contributed by atoms with van der Waals surface area (Å²) in [4.78, 5) is 0. The molecule has 4 heteroatoms. The molecule has 1 aromatic rings. The SMILES string of the molecule is COc1ccc(CC2CSCC2O)cc1F. The van der Waals surface area contributed by atoms with Crippen LogP contribution in [0, 0.1) is 11.7 Å². The summed E-state index contributed by atoms with van der Waals surface area (Å²) in [5.74, 6) is 1.93. The maximum absolute atomic E-state index is 13.4. The van der Waals surface area contributed by atoms with Crippen molar-refractivity contribution in [3.63, 3.8) is 0 Å². The van der Waals surface area contributed by atoms with Gasteiger partial charge in [0.1, 0.15) is 0 Å². The van der Waals surface area contributed by atoms with Crippen molar-refractivity contribution < 1.29 is 14.2 Å². The Hall–Kier alpha value is -0.740. The summed E-state index contributed by atoms with van der Waals surface area (Å²) in [5, 5.41) is 9.68. The molecular formula is C12H15FO2S. The van der Waals surface area contributed by atoms with Gasteiger partial charge in [0.25, 0.3) is 0 Å². The number of rotatable bonds is 3. The van der Waals surface area contributed by atoms with Gasteiger partial charge in [-0.25, -0.2) is 4.39 Å². The number of benzene rings is 1. The fourth-order valence-electron chi connectivity index (χ4n) is 1.92. The van der Waals surface area contributed by atoms with Crippen molar-refractivity contribution in [3.05, 3.63) is 29.6 Å². The summed E-state index contributed by atoms with van der Waals surface area (Å²) < 4.78 is 18.3. The molecule has 2 nitrogen and oxygen atoms in total. The highest BCUT2D eigenvalue weighted by Gasteiger charge is 2.25. The van der Waals surface area contributed by atoms with E-state index in [1.165, 1.54) is 13.2 Å². The molecule has 1 fully saturated rings. The van der Waals surface area contributed by atoms with Gasteiger partial charge in [0.15, 0.2) is 11.6 Å². The molecule has 0 spiro atoms. The van der Waals surface area contributed by atoms with Crippen LogP contribution in [0.4, 0.5) is 4.39 Å². The quantitative estimate of drug-likeness (QED) is 0.880. The predicted molar refractivity (Wildman–Crippen MR) is 63.5 cm³/mol. The maximum Gasteiger partial charge on any atom is 0.165 e. The van der Waals surface area contributed by atoms with Crippen LogP contribution in [0.3, 0.4) is 0 Å². The molecule has 1 saturated heterocycles. The van der Waals surface area contributed by atoms with Crippen LogP contribution < -0.4 is 4.74 Å². The lowest BCUT2D eigenvalue weighted by Crippen LogP contribution is -2.19. The molecule has 0 bridgehead atoms. The van der Waals surface area contributed by atoms with E-state index in [0.717, 1.165) is 23.5 Å². The second-order valence-corrected chi connectivity index (χ2v) is 5.11. The monoisotopic (exact) mass is 242 g/mol. The van der Waals surface area contributed by atoms with E-state index in [0.29, 0.717) is 0 Å². The lowest BCUT2D eigenvalue weighted by atomic mass is 9.97. The third-order valence-electron chi connectivity index (χ3n) is 2.88. The molecule has 1 aliphatic rings. The zero-order chi connectivity index (χ0) is 11.5. The Bertz CT molecular complexity index is 370. The first-order valence-electron chi connectivity index (χ1n) is 5.29. The highest BCUT2D eigenvalue weighted by Crippen LogP contribution is 2.28. The van der Waals surface area contributed by atoms with Crippen molar-refractivity contribution in [2.24, 2.45) is 5.92 Å². The summed E-state index contributed by atoms with van der Waals surface area (Å²) in [6, 6.07) is 4.99. The Morgan fingerprint density at radius 2 is 2.31 bits per heavy atom. The Morgan fingerprint density at radius 1 is 1.50 bits per heavy atom. The minimum Gasteiger partial charge on any atom is -0.494 e. The Morgan fingerprint density at radius 3 is 2.88 bits per heavy atom. The van der Waals surface area contributed by atoms with Crippen LogP contribution in [-0.4, -0.2) is 29.8 Å². The van der Waals surface area contributed by atoms with Gasteiger partial charge in [-0.3, -0.25) is 0 Å². The highest BCUT2D eigenvalue weighted by molar-refractivity contribution is 7.99. The minimum atomic E-state index is -0.333. The first-order valence-corrected chi connectivity index (χ1v) is 6.44. The Balaban J connectivity index is 2.07. The molecule has 2 unspecified atom stereocenters. The van der Waals surface area contributed by atoms with E-state index in [2.05, 4.69) is 0 Å². The number of methoxy groups -OCH3 is 1. The van der Waals surface area contributed by atoms with Gasteiger partial charge in [-0.05, 0) is 35.8 Å². The van der Waals surface area contributed by atoms with E-state index in [1.54, 1.807) is 17.8 Å². The number of thioether (sulfide) groups is 1. The Labute approximate surface area is 98.8 Å². The van der Waals surface area contributed by atoms with Gasteiger partial charge in [0, 0.05) is 5.75 Å². The molecule has 0 aliphatic carbocycles. The summed E-state index contributed by atoms with van der Waals surface area (Å²) in [7, 11) is 1.45. The molecule has 0 aromatic heterocycles. The molecule has 2 rings (SSSR count). The molecule has 1 heterocycles. The third-order valence-corrected chi connectivity index (χ3v) is 4.12. The molecule has 0 radical (unpaired) electrons. The average Bonchev–Trinajstić information content (AvgIpc) is 2.65. The van der Waals surface area contributed by atoms with Gasteiger partial charge in [-0.1, -0.05) is 6.07 Å². The van der Waals surface area contributed by atoms with Crippen LogP contribution in [0.1, 0.15) is 5.56 Å². The van der Waals surface area contributed by atoms with Gasteiger partial charge in [0.05, 0.1) is 13.2 Å². The number of ether oxygens (including phenoxy) is 1. The molecule has 1 N–H and O–H groups in total. The lowest BCUT2D eigenvalue weighted by Gasteiger charge is -2.13. The number of hydrogen-bond acceptors (Lipinski definition) is 3. The van der Waals surface area contributed by atoms with Gasteiger partial charge >= 0.3 is 0 Å². The van der Waals surface area contributed by atoms with Crippen molar-refractivity contribution in [2.75, 3.05) is 18.6 Å². The highest BCUT2D eigenvalue weighted by atomic mass is 32.2. The number of aliphatic hydroxyl groups is 1. The molecule has 16 heavy (non-hydrogen) atoms. The van der Waals surface area contributed by atoms with Crippen molar-refractivity contribution in [1.82, 2.24) is 0 Å². The summed E-state index contributed by atoms with van der Waals surface area (Å²) >= 11 is 1.75. The molecule has 1 aliphatic heterocycles. The lowest BCUT2D eigenvalue weighted by molar-refractivity contribution is 0.150. The van der Waals surface area contributed by atoms with E-state index >= 15 is 0 Å². The van der Waals surface area contributed by atoms with Crippen molar-refractivity contribution >= 4 is 11.8 Å². The normalized spacial score (nSPS) is 24.7. The fraction of sp³-hybridized carbons (Fsp3) is 0.500. The molecule has 0 amide bonds. The molecule has 2 atom stereocenters. The van der Waals surface area contributed by atoms with Crippen LogP contribution >= 0.6 is 11.8 Å². The molecule has 1 aromatic carbocycles. The smallest absolute Gasteiger partial charge is 0.165 e. The van der Waals surface area contributed by atoms with E-state index in [1.807, 2.05) is 6.07 Å². The number of hydrogen-bond donors (Lipinski definition) is 1. The standard InChI is InChI=1S/C12H15FO2S/c1-15-12-3-2-8(5-10(12)13)4-9-6-16-7-11(9)14/h2-3,5,9,11,14H,4,6-7H2,1H3. The zero-order valence-electron chi connectivity index (χ0n) is 9.15. The predicted octanol–water partition coefficient (Wildman–Crippen LogP) is 2.10. The molecular weight excluding hydrogens is 227 g/mol. The van der Waals surface area contributed by atoms with Gasteiger partial charge in [0.2, 0.25) is 0 Å². The van der Waals surface area contributed by atoms with Gasteiger partial charge < -0.3 is 9.84 Å². The first-order chi connectivity index (χ1) is 7.70. The average molecular weight is 242 g/mol. The van der Waals surface area contributed by atoms with E-state index in [9.17, 15) is 9.50 Å². The zero-order valence-corrected chi connectivity index (χ0v) is 9.97. The maximum atomic E-state index is 13.4. The Kier molecular flexibility index (Phi) is 3.71. The van der Waals surface area contributed by atoms with Crippen LogP contribution in [0.25, 0.3) is 0 Å².